The molecule has 0 aliphatic rings. The van der Waals surface area contributed by atoms with E-state index in [2.05, 4.69) is 10.3 Å². The number of carbonyl (C=O) groups is 1. The molecule has 2 N–H and O–H groups in total. The molecule has 0 spiro atoms. The number of ether oxygens (including phenoxy) is 3. The second kappa shape index (κ2) is 9.01. The summed E-state index contributed by atoms with van der Waals surface area (Å²) in [7, 11) is 4.61. The lowest BCUT2D eigenvalue weighted by atomic mass is 10.0. The number of halogens is 1. The van der Waals surface area contributed by atoms with Gasteiger partial charge in [0.15, 0.2) is 11.5 Å². The van der Waals surface area contributed by atoms with Gasteiger partial charge in [-0.25, -0.2) is 4.39 Å². The van der Waals surface area contributed by atoms with Crippen molar-refractivity contribution in [1.82, 2.24) is 10.3 Å². The molecule has 0 saturated carbocycles. The second-order valence-corrected chi connectivity index (χ2v) is 7.15. The molecule has 6 nitrogen and oxygen atoms in total. The molecule has 0 saturated heterocycles. The van der Waals surface area contributed by atoms with Crippen LogP contribution in [0.3, 0.4) is 0 Å². The largest absolute Gasteiger partial charge is 0.493 e. The van der Waals surface area contributed by atoms with Crippen molar-refractivity contribution in [1.29, 1.82) is 0 Å². The van der Waals surface area contributed by atoms with Crippen LogP contribution < -0.4 is 19.5 Å². The number of hydrogen-bond donors (Lipinski definition) is 2. The van der Waals surface area contributed by atoms with Crippen LogP contribution in [0, 0.1) is 5.82 Å². The molecule has 32 heavy (non-hydrogen) atoms. The Morgan fingerprint density at radius 3 is 2.25 bits per heavy atom. The first kappa shape index (κ1) is 21.2. The molecule has 0 atom stereocenters. The van der Waals surface area contributed by atoms with Crippen molar-refractivity contribution in [2.24, 2.45) is 0 Å². The van der Waals surface area contributed by atoms with Gasteiger partial charge in [-0.3, -0.25) is 4.79 Å². The molecule has 0 aliphatic carbocycles. The molecule has 0 fully saturated rings. The lowest BCUT2D eigenvalue weighted by Crippen LogP contribution is -2.23. The predicted molar refractivity (Wildman–Crippen MR) is 121 cm³/mol. The van der Waals surface area contributed by atoms with Crippen LogP contribution in [0.4, 0.5) is 4.39 Å². The molecule has 7 heteroatoms. The van der Waals surface area contributed by atoms with Crippen molar-refractivity contribution < 1.29 is 23.4 Å². The Balaban J connectivity index is 1.68. The molecule has 164 valence electrons. The van der Waals surface area contributed by atoms with Crippen molar-refractivity contribution in [2.75, 3.05) is 21.3 Å². The maximum atomic E-state index is 14.0. The van der Waals surface area contributed by atoms with Gasteiger partial charge in [-0.2, -0.15) is 0 Å². The minimum absolute atomic E-state index is 0.230. The summed E-state index contributed by atoms with van der Waals surface area (Å²) in [5, 5.41) is 3.57. The number of fused-ring (bicyclic) bond motifs is 1. The van der Waals surface area contributed by atoms with E-state index in [0.29, 0.717) is 39.4 Å². The second-order valence-electron chi connectivity index (χ2n) is 7.15. The maximum absolute atomic E-state index is 14.0. The number of carbonyl (C=O) groups excluding carboxylic acids is 1. The zero-order chi connectivity index (χ0) is 22.7. The third-order valence-electron chi connectivity index (χ3n) is 5.23. The zero-order valence-electron chi connectivity index (χ0n) is 18.0. The number of benzene rings is 3. The molecule has 1 aromatic heterocycles. The number of aromatic amines is 1. The number of H-pyrrole nitrogens is 1. The third kappa shape index (κ3) is 3.97. The molecule has 4 aromatic rings. The summed E-state index contributed by atoms with van der Waals surface area (Å²) in [5.41, 5.74) is 3.30. The third-order valence-corrected chi connectivity index (χ3v) is 5.23. The van der Waals surface area contributed by atoms with E-state index in [1.807, 2.05) is 30.3 Å². The van der Waals surface area contributed by atoms with Crippen molar-refractivity contribution in [2.45, 2.75) is 6.54 Å². The maximum Gasteiger partial charge on any atom is 0.268 e. The van der Waals surface area contributed by atoms with Gasteiger partial charge in [0.1, 0.15) is 11.5 Å². The fourth-order valence-electron chi connectivity index (χ4n) is 3.75. The minimum Gasteiger partial charge on any atom is -0.493 e. The van der Waals surface area contributed by atoms with Crippen LogP contribution in [-0.2, 0) is 6.54 Å². The van der Waals surface area contributed by atoms with Gasteiger partial charge in [-0.15, -0.1) is 0 Å². The van der Waals surface area contributed by atoms with Crippen LogP contribution in [0.1, 0.15) is 16.1 Å². The van der Waals surface area contributed by atoms with Gasteiger partial charge in [0.05, 0.1) is 21.3 Å². The molecule has 3 aromatic carbocycles. The van der Waals surface area contributed by atoms with E-state index >= 15 is 0 Å². The molecule has 1 amide bonds. The number of rotatable bonds is 7. The Kier molecular flexibility index (Phi) is 5.98. The van der Waals surface area contributed by atoms with E-state index in [0.717, 1.165) is 11.1 Å². The highest BCUT2D eigenvalue weighted by atomic mass is 19.1. The molecular formula is C25H23FN2O4. The SMILES string of the molecule is COc1cc(CNC(=O)c2[nH]c3ccc(F)cc3c2-c2ccccc2)cc(OC)c1OC. The summed E-state index contributed by atoms with van der Waals surface area (Å²) in [6.45, 7) is 0.230. The van der Waals surface area contributed by atoms with Crippen LogP contribution in [0.15, 0.2) is 60.7 Å². The van der Waals surface area contributed by atoms with Gasteiger partial charge in [0.2, 0.25) is 5.75 Å². The van der Waals surface area contributed by atoms with E-state index in [-0.39, 0.29) is 18.3 Å². The first-order valence-electron chi connectivity index (χ1n) is 9.99. The molecule has 0 bridgehead atoms. The van der Waals surface area contributed by atoms with Gasteiger partial charge in [0, 0.05) is 23.0 Å². The number of methoxy groups -OCH3 is 3. The highest BCUT2D eigenvalue weighted by molar-refractivity contribution is 6.09. The zero-order valence-corrected chi connectivity index (χ0v) is 18.0. The van der Waals surface area contributed by atoms with Gasteiger partial charge < -0.3 is 24.5 Å². The number of aromatic nitrogens is 1. The van der Waals surface area contributed by atoms with Crippen molar-refractivity contribution in [3.05, 3.63) is 77.7 Å². The Labute approximate surface area is 184 Å². The average Bonchev–Trinajstić information content (AvgIpc) is 3.20. The molecule has 0 radical (unpaired) electrons. The monoisotopic (exact) mass is 434 g/mol. The average molecular weight is 434 g/mol. The number of nitrogens with one attached hydrogen (secondary N) is 2. The van der Waals surface area contributed by atoms with Crippen molar-refractivity contribution in [3.63, 3.8) is 0 Å². The van der Waals surface area contributed by atoms with Gasteiger partial charge in [-0.05, 0) is 41.5 Å². The Morgan fingerprint density at radius 1 is 0.938 bits per heavy atom. The van der Waals surface area contributed by atoms with E-state index < -0.39 is 0 Å². The van der Waals surface area contributed by atoms with Crippen LogP contribution in [0.25, 0.3) is 22.0 Å². The summed E-state index contributed by atoms with van der Waals surface area (Å²) >= 11 is 0. The summed E-state index contributed by atoms with van der Waals surface area (Å²) in [5.74, 6) is 0.811. The van der Waals surface area contributed by atoms with Crippen LogP contribution in [0.5, 0.6) is 17.2 Å². The normalized spacial score (nSPS) is 10.8. The molecule has 1 heterocycles. The minimum atomic E-state index is -0.363. The highest BCUT2D eigenvalue weighted by Crippen LogP contribution is 2.38. The molecular weight excluding hydrogens is 411 g/mol. The standard InChI is InChI=1S/C25H23FN2O4/c1-30-20-11-15(12-21(31-2)24(20)32-3)14-27-25(29)23-22(16-7-5-4-6-8-16)18-13-17(26)9-10-19(18)28-23/h4-13,28H,14H2,1-3H3,(H,27,29). The van der Waals surface area contributed by atoms with Gasteiger partial charge in [-0.1, -0.05) is 30.3 Å². The summed E-state index contributed by atoms with van der Waals surface area (Å²) < 4.78 is 30.1. The highest BCUT2D eigenvalue weighted by Gasteiger charge is 2.20. The topological polar surface area (TPSA) is 72.6 Å². The van der Waals surface area contributed by atoms with E-state index in [1.165, 1.54) is 33.5 Å². The number of hydrogen-bond acceptors (Lipinski definition) is 4. The molecule has 0 aliphatic heterocycles. The molecule has 0 unspecified atom stereocenters. The van der Waals surface area contributed by atoms with Crippen LogP contribution >= 0.6 is 0 Å². The fraction of sp³-hybridized carbons (Fsp3) is 0.160. The lowest BCUT2D eigenvalue weighted by molar-refractivity contribution is 0.0947. The number of amides is 1. The van der Waals surface area contributed by atoms with Crippen molar-refractivity contribution >= 4 is 16.8 Å². The van der Waals surface area contributed by atoms with Crippen molar-refractivity contribution in [3.8, 4) is 28.4 Å². The summed E-state index contributed by atoms with van der Waals surface area (Å²) in [4.78, 5) is 16.3. The first-order valence-corrected chi connectivity index (χ1v) is 9.99. The van der Waals surface area contributed by atoms with Gasteiger partial charge >= 0.3 is 0 Å². The Bertz CT molecular complexity index is 1240. The molecule has 4 rings (SSSR count). The van der Waals surface area contributed by atoms with E-state index in [4.69, 9.17) is 14.2 Å². The Morgan fingerprint density at radius 2 is 1.62 bits per heavy atom. The lowest BCUT2D eigenvalue weighted by Gasteiger charge is -2.14. The van der Waals surface area contributed by atoms with Crippen LogP contribution in [-0.4, -0.2) is 32.2 Å². The van der Waals surface area contributed by atoms with E-state index in [1.54, 1.807) is 18.2 Å². The van der Waals surface area contributed by atoms with Crippen LogP contribution in [0.2, 0.25) is 0 Å². The first-order chi connectivity index (χ1) is 15.5. The fourth-order valence-corrected chi connectivity index (χ4v) is 3.75. The quantitative estimate of drug-likeness (QED) is 0.433. The summed E-state index contributed by atoms with van der Waals surface area (Å²) in [6.07, 6.45) is 0. The summed E-state index contributed by atoms with van der Waals surface area (Å²) in [6, 6.07) is 17.4. The van der Waals surface area contributed by atoms with Gasteiger partial charge in [0.25, 0.3) is 5.91 Å². The van der Waals surface area contributed by atoms with E-state index in [9.17, 15) is 9.18 Å². The smallest absolute Gasteiger partial charge is 0.268 e. The Hall–Kier alpha value is -4.00. The predicted octanol–water partition coefficient (Wildman–Crippen LogP) is 4.93.